The van der Waals surface area contributed by atoms with Crippen LogP contribution >= 0.6 is 15.9 Å². The standard InChI is InChI=1S/C9H10BrN3/c1-2-4-8-11-12-9-6-3-5-7(10)13(8)9/h3,5-6H,2,4H2,1H3. The molecule has 2 aromatic rings. The topological polar surface area (TPSA) is 30.2 Å². The van der Waals surface area contributed by atoms with Crippen molar-refractivity contribution in [3.63, 3.8) is 0 Å². The normalized spacial score (nSPS) is 10.9. The first-order valence-corrected chi connectivity index (χ1v) is 5.10. The van der Waals surface area contributed by atoms with Gasteiger partial charge in [0.15, 0.2) is 5.65 Å². The summed E-state index contributed by atoms with van der Waals surface area (Å²) in [4.78, 5) is 0. The quantitative estimate of drug-likeness (QED) is 0.754. The van der Waals surface area contributed by atoms with Crippen LogP contribution in [0.4, 0.5) is 0 Å². The van der Waals surface area contributed by atoms with Gasteiger partial charge in [0.1, 0.15) is 5.82 Å². The van der Waals surface area contributed by atoms with Gasteiger partial charge in [0.25, 0.3) is 0 Å². The van der Waals surface area contributed by atoms with Crippen LogP contribution < -0.4 is 0 Å². The molecule has 0 bridgehead atoms. The van der Waals surface area contributed by atoms with Gasteiger partial charge < -0.3 is 0 Å². The van der Waals surface area contributed by atoms with Crippen LogP contribution in [0.2, 0.25) is 0 Å². The van der Waals surface area contributed by atoms with Gasteiger partial charge in [-0.2, -0.15) is 0 Å². The first-order chi connectivity index (χ1) is 6.33. The van der Waals surface area contributed by atoms with Crippen LogP contribution in [0.15, 0.2) is 22.8 Å². The van der Waals surface area contributed by atoms with Crippen molar-refractivity contribution in [1.29, 1.82) is 0 Å². The van der Waals surface area contributed by atoms with Crippen molar-refractivity contribution in [3.05, 3.63) is 28.6 Å². The third kappa shape index (κ3) is 1.46. The molecule has 0 aliphatic carbocycles. The molecular weight excluding hydrogens is 230 g/mol. The fraction of sp³-hybridized carbons (Fsp3) is 0.333. The zero-order chi connectivity index (χ0) is 9.26. The van der Waals surface area contributed by atoms with Crippen molar-refractivity contribution in [1.82, 2.24) is 14.6 Å². The molecule has 4 heteroatoms. The maximum absolute atomic E-state index is 4.13. The molecule has 0 aliphatic heterocycles. The van der Waals surface area contributed by atoms with Crippen LogP contribution in [0.25, 0.3) is 5.65 Å². The second kappa shape index (κ2) is 3.46. The van der Waals surface area contributed by atoms with Crippen molar-refractivity contribution in [3.8, 4) is 0 Å². The summed E-state index contributed by atoms with van der Waals surface area (Å²) in [6.45, 7) is 2.14. The fourth-order valence-electron chi connectivity index (χ4n) is 1.34. The summed E-state index contributed by atoms with van der Waals surface area (Å²) in [5, 5.41) is 8.21. The number of aromatic nitrogens is 3. The lowest BCUT2D eigenvalue weighted by atomic mass is 10.3. The van der Waals surface area contributed by atoms with E-state index in [0.717, 1.165) is 28.9 Å². The van der Waals surface area contributed by atoms with E-state index in [1.807, 2.05) is 22.6 Å². The van der Waals surface area contributed by atoms with Gasteiger partial charge in [-0.25, -0.2) is 0 Å². The fourth-order valence-corrected chi connectivity index (χ4v) is 1.88. The van der Waals surface area contributed by atoms with E-state index in [4.69, 9.17) is 0 Å². The second-order valence-electron chi connectivity index (χ2n) is 2.91. The van der Waals surface area contributed by atoms with Crippen molar-refractivity contribution >= 4 is 21.6 Å². The molecule has 0 spiro atoms. The number of aryl methyl sites for hydroxylation is 1. The lowest BCUT2D eigenvalue weighted by Gasteiger charge is -1.99. The largest absolute Gasteiger partial charge is 0.273 e. The van der Waals surface area contributed by atoms with Gasteiger partial charge in [0.05, 0.1) is 4.60 Å². The number of hydrogen-bond acceptors (Lipinski definition) is 2. The lowest BCUT2D eigenvalue weighted by Crippen LogP contribution is -1.95. The number of rotatable bonds is 2. The minimum Gasteiger partial charge on any atom is -0.273 e. The highest BCUT2D eigenvalue weighted by molar-refractivity contribution is 9.10. The maximum atomic E-state index is 4.13. The summed E-state index contributed by atoms with van der Waals surface area (Å²) in [5.74, 6) is 1.02. The molecule has 0 aromatic carbocycles. The molecule has 0 amide bonds. The Morgan fingerprint density at radius 1 is 1.38 bits per heavy atom. The molecular formula is C9H10BrN3. The van der Waals surface area contributed by atoms with Gasteiger partial charge in [0.2, 0.25) is 0 Å². The van der Waals surface area contributed by atoms with E-state index in [0.29, 0.717) is 0 Å². The lowest BCUT2D eigenvalue weighted by molar-refractivity contribution is 0.813. The molecule has 3 nitrogen and oxygen atoms in total. The summed E-state index contributed by atoms with van der Waals surface area (Å²) >= 11 is 3.48. The van der Waals surface area contributed by atoms with Crippen molar-refractivity contribution < 1.29 is 0 Å². The third-order valence-electron chi connectivity index (χ3n) is 1.92. The zero-order valence-corrected chi connectivity index (χ0v) is 8.95. The maximum Gasteiger partial charge on any atom is 0.161 e. The average Bonchev–Trinajstić information content (AvgIpc) is 2.51. The van der Waals surface area contributed by atoms with E-state index in [1.165, 1.54) is 0 Å². The van der Waals surface area contributed by atoms with E-state index in [1.54, 1.807) is 0 Å². The second-order valence-corrected chi connectivity index (χ2v) is 3.72. The van der Waals surface area contributed by atoms with E-state index in [9.17, 15) is 0 Å². The summed E-state index contributed by atoms with van der Waals surface area (Å²) < 4.78 is 3.04. The van der Waals surface area contributed by atoms with Gasteiger partial charge in [-0.05, 0) is 34.5 Å². The Kier molecular flexibility index (Phi) is 2.31. The smallest absolute Gasteiger partial charge is 0.161 e. The molecule has 0 aliphatic rings. The molecule has 68 valence electrons. The van der Waals surface area contributed by atoms with E-state index in [-0.39, 0.29) is 0 Å². The van der Waals surface area contributed by atoms with Crippen LogP contribution in [0, 0.1) is 0 Å². The minimum atomic E-state index is 0.901. The van der Waals surface area contributed by atoms with Crippen LogP contribution in [-0.2, 0) is 6.42 Å². The highest BCUT2D eigenvalue weighted by atomic mass is 79.9. The molecule has 0 saturated heterocycles. The Morgan fingerprint density at radius 2 is 2.23 bits per heavy atom. The first kappa shape index (κ1) is 8.69. The average molecular weight is 240 g/mol. The predicted molar refractivity (Wildman–Crippen MR) is 54.7 cm³/mol. The monoisotopic (exact) mass is 239 g/mol. The molecule has 13 heavy (non-hydrogen) atoms. The van der Waals surface area contributed by atoms with E-state index >= 15 is 0 Å². The number of fused-ring (bicyclic) bond motifs is 1. The predicted octanol–water partition coefficient (Wildman–Crippen LogP) is 2.44. The zero-order valence-electron chi connectivity index (χ0n) is 7.37. The van der Waals surface area contributed by atoms with Crippen LogP contribution in [0.5, 0.6) is 0 Å². The van der Waals surface area contributed by atoms with Gasteiger partial charge >= 0.3 is 0 Å². The number of hydrogen-bond donors (Lipinski definition) is 0. The Hall–Kier alpha value is -0.900. The molecule has 2 aromatic heterocycles. The molecule has 2 rings (SSSR count). The van der Waals surface area contributed by atoms with Crippen molar-refractivity contribution in [2.24, 2.45) is 0 Å². The van der Waals surface area contributed by atoms with Gasteiger partial charge in [-0.1, -0.05) is 13.0 Å². The summed E-state index contributed by atoms with van der Waals surface area (Å²) in [6, 6.07) is 5.91. The van der Waals surface area contributed by atoms with E-state index in [2.05, 4.69) is 33.1 Å². The molecule has 0 unspecified atom stereocenters. The Morgan fingerprint density at radius 3 is 3.00 bits per heavy atom. The van der Waals surface area contributed by atoms with E-state index < -0.39 is 0 Å². The summed E-state index contributed by atoms with van der Waals surface area (Å²) in [7, 11) is 0. The molecule has 0 N–H and O–H groups in total. The Bertz CT molecular complexity index is 422. The molecule has 2 heterocycles. The highest BCUT2D eigenvalue weighted by Crippen LogP contribution is 2.14. The summed E-state index contributed by atoms with van der Waals surface area (Å²) in [5.41, 5.74) is 0.901. The van der Waals surface area contributed by atoms with Crippen molar-refractivity contribution in [2.75, 3.05) is 0 Å². The van der Waals surface area contributed by atoms with Crippen LogP contribution in [0.3, 0.4) is 0 Å². The number of nitrogens with zero attached hydrogens (tertiary/aromatic N) is 3. The van der Waals surface area contributed by atoms with Crippen LogP contribution in [0.1, 0.15) is 19.2 Å². The van der Waals surface area contributed by atoms with Gasteiger partial charge in [0, 0.05) is 6.42 Å². The van der Waals surface area contributed by atoms with Crippen molar-refractivity contribution in [2.45, 2.75) is 19.8 Å². The SMILES string of the molecule is CCCc1nnc2cccc(Br)n12. The van der Waals surface area contributed by atoms with Gasteiger partial charge in [-0.3, -0.25) is 4.40 Å². The van der Waals surface area contributed by atoms with Crippen LogP contribution in [-0.4, -0.2) is 14.6 Å². The highest BCUT2D eigenvalue weighted by Gasteiger charge is 2.05. The third-order valence-corrected chi connectivity index (χ3v) is 2.54. The Labute approximate surface area is 84.9 Å². The Balaban J connectivity index is 2.64. The molecule has 0 fully saturated rings. The molecule has 0 saturated carbocycles. The molecule has 0 atom stereocenters. The minimum absolute atomic E-state index is 0.901. The number of pyridine rings is 1. The number of halogens is 1. The first-order valence-electron chi connectivity index (χ1n) is 4.31. The van der Waals surface area contributed by atoms with Gasteiger partial charge in [-0.15, -0.1) is 10.2 Å². The summed E-state index contributed by atoms with van der Waals surface area (Å²) in [6.07, 6.45) is 2.05. The molecule has 0 radical (unpaired) electrons.